The van der Waals surface area contributed by atoms with Gasteiger partial charge in [0.2, 0.25) is 0 Å². The Morgan fingerprint density at radius 3 is 1.23 bits per heavy atom. The van der Waals surface area contributed by atoms with Gasteiger partial charge in [0.25, 0.3) is 0 Å². The molecule has 0 heterocycles. The van der Waals surface area contributed by atoms with Crippen LogP contribution in [0.4, 0.5) is 28.9 Å². The maximum Gasteiger partial charge on any atom is 0.159 e. The number of halogens is 4. The number of hydrogen-bond donors (Lipinski definition) is 0. The smallest absolute Gasteiger partial charge is 0.159 e. The molecule has 2 nitrogen and oxygen atoms in total. The summed E-state index contributed by atoms with van der Waals surface area (Å²) in [6.45, 7) is 0. The summed E-state index contributed by atoms with van der Waals surface area (Å²) in [7, 11) is 0. The summed E-state index contributed by atoms with van der Waals surface area (Å²) in [6.07, 6.45) is 0. The van der Waals surface area contributed by atoms with Crippen LogP contribution in [0.5, 0.6) is 0 Å². The SMILES string of the molecule is Fc1ccc(C([N-]c2ccccc2[S-])C([N-]c2ccccc2[S-])c2ccc(F)c(F)c2)cc1F.[Ni]. The molecule has 4 aromatic carbocycles. The molecule has 4 rings (SSSR count). The largest absolute Gasteiger partial charge is 0.781 e. The van der Waals surface area contributed by atoms with E-state index >= 15 is 0 Å². The molecule has 0 aliphatic rings. The predicted molar refractivity (Wildman–Crippen MR) is 128 cm³/mol. The Morgan fingerprint density at radius 2 is 0.886 bits per heavy atom. The van der Waals surface area contributed by atoms with E-state index in [-0.39, 0.29) is 27.6 Å². The first-order valence-electron chi connectivity index (χ1n) is 10.2. The van der Waals surface area contributed by atoms with Gasteiger partial charge in [-0.2, -0.15) is 21.2 Å². The van der Waals surface area contributed by atoms with Crippen molar-refractivity contribution in [2.24, 2.45) is 0 Å². The van der Waals surface area contributed by atoms with Gasteiger partial charge in [0.05, 0.1) is 0 Å². The molecule has 0 spiro atoms. The summed E-state index contributed by atoms with van der Waals surface area (Å²) in [5.41, 5.74) is 1.39. The summed E-state index contributed by atoms with van der Waals surface area (Å²) >= 11 is 10.7. The van der Waals surface area contributed by atoms with Gasteiger partial charge >= 0.3 is 0 Å². The van der Waals surface area contributed by atoms with Crippen LogP contribution in [0.15, 0.2) is 94.7 Å². The molecule has 2 atom stereocenters. The Balaban J connectivity index is 0.00000342. The van der Waals surface area contributed by atoms with E-state index in [4.69, 9.17) is 35.9 Å². The first kappa shape index (κ1) is 26.7. The minimum Gasteiger partial charge on any atom is -0.781 e. The predicted octanol–water partition coefficient (Wildman–Crippen LogP) is 8.25. The molecular weight excluding hydrogens is 539 g/mol. The van der Waals surface area contributed by atoms with Crippen LogP contribution < -0.4 is 0 Å². The summed E-state index contributed by atoms with van der Waals surface area (Å²) in [5, 5.41) is 9.43. The number of rotatable bonds is 7. The standard InChI is InChI=1S/C26H18F4N2S2.Ni/c27-17-11-9-15(13-19(17)29)25(31-21-5-1-3-7-23(21)33)26(16-10-12-18(28)20(30)14-16)32-22-6-2-4-8-24(22)34;/h1-14,25-26,33-34H;/q-2;/p-2. The molecule has 0 bridgehead atoms. The fraction of sp³-hybridized carbons (Fsp3) is 0.0769. The van der Waals surface area contributed by atoms with Crippen LogP contribution in [-0.4, -0.2) is 0 Å². The first-order valence-corrected chi connectivity index (χ1v) is 11.0. The van der Waals surface area contributed by atoms with Crippen molar-refractivity contribution >= 4 is 36.6 Å². The van der Waals surface area contributed by atoms with Gasteiger partial charge in [-0.25, -0.2) is 17.6 Å². The van der Waals surface area contributed by atoms with E-state index in [1.807, 2.05) is 0 Å². The van der Waals surface area contributed by atoms with Crippen molar-refractivity contribution in [1.29, 1.82) is 0 Å². The summed E-state index contributed by atoms with van der Waals surface area (Å²) in [6, 6.07) is 18.5. The van der Waals surface area contributed by atoms with Crippen LogP contribution >= 0.6 is 0 Å². The van der Waals surface area contributed by atoms with Gasteiger partial charge in [0.1, 0.15) is 0 Å². The molecule has 0 N–H and O–H groups in total. The van der Waals surface area contributed by atoms with Gasteiger partial charge in [-0.1, -0.05) is 71.8 Å². The van der Waals surface area contributed by atoms with E-state index in [2.05, 4.69) is 0 Å². The Labute approximate surface area is 221 Å². The molecule has 35 heavy (non-hydrogen) atoms. The monoisotopic (exact) mass is 554 g/mol. The maximum absolute atomic E-state index is 14.2. The molecule has 9 heteroatoms. The number of hydrogen-bond acceptors (Lipinski definition) is 2. The van der Waals surface area contributed by atoms with E-state index in [0.29, 0.717) is 21.2 Å². The molecule has 0 saturated carbocycles. The average molecular weight is 555 g/mol. The normalized spacial score (nSPS) is 12.3. The van der Waals surface area contributed by atoms with E-state index < -0.39 is 35.4 Å². The fourth-order valence-corrected chi connectivity index (χ4v) is 3.87. The maximum atomic E-state index is 14.2. The van der Waals surface area contributed by atoms with Gasteiger partial charge in [0, 0.05) is 16.5 Å². The fourth-order valence-electron chi connectivity index (χ4n) is 3.47. The zero-order valence-corrected chi connectivity index (χ0v) is 20.4. The third-order valence-electron chi connectivity index (χ3n) is 5.16. The second-order valence-electron chi connectivity index (χ2n) is 7.43. The third kappa shape index (κ3) is 6.23. The van der Waals surface area contributed by atoms with E-state index in [9.17, 15) is 17.6 Å². The molecule has 4 aromatic rings. The average Bonchev–Trinajstić information content (AvgIpc) is 2.82. The van der Waals surface area contributed by atoms with Gasteiger partial charge < -0.3 is 35.9 Å². The number of benzene rings is 4. The van der Waals surface area contributed by atoms with E-state index in [0.717, 1.165) is 24.3 Å². The first-order chi connectivity index (χ1) is 16.3. The molecular formula is C26H16F4N2NiS2-4. The quantitative estimate of drug-likeness (QED) is 0.131. The van der Waals surface area contributed by atoms with Crippen molar-refractivity contribution in [2.45, 2.75) is 21.9 Å². The Hall–Kier alpha value is -2.87. The summed E-state index contributed by atoms with van der Waals surface area (Å²) < 4.78 is 55.9. The zero-order valence-electron chi connectivity index (χ0n) is 17.8. The summed E-state index contributed by atoms with van der Waals surface area (Å²) in [4.78, 5) is 0.866. The molecule has 0 aliphatic heterocycles. The van der Waals surface area contributed by atoms with Gasteiger partial charge in [-0.3, -0.25) is 0 Å². The topological polar surface area (TPSA) is 28.2 Å². The molecule has 2 unspecified atom stereocenters. The molecule has 0 amide bonds. The van der Waals surface area contributed by atoms with Gasteiger partial charge in [-0.05, 0) is 24.3 Å². The van der Waals surface area contributed by atoms with Crippen molar-refractivity contribution in [2.75, 3.05) is 0 Å². The molecule has 0 aliphatic carbocycles. The van der Waals surface area contributed by atoms with E-state index in [1.165, 1.54) is 12.1 Å². The molecule has 0 aromatic heterocycles. The Kier molecular flexibility index (Phi) is 8.94. The van der Waals surface area contributed by atoms with E-state index in [1.54, 1.807) is 48.5 Å². The number of para-hydroxylation sites is 2. The molecule has 0 saturated heterocycles. The van der Waals surface area contributed by atoms with Crippen molar-refractivity contribution in [3.8, 4) is 0 Å². The van der Waals surface area contributed by atoms with Crippen LogP contribution in [-0.2, 0) is 41.7 Å². The van der Waals surface area contributed by atoms with Gasteiger partial charge in [0.15, 0.2) is 23.3 Å². The molecule has 184 valence electrons. The van der Waals surface area contributed by atoms with Crippen LogP contribution in [0.3, 0.4) is 0 Å². The summed E-state index contributed by atoms with van der Waals surface area (Å²) in [5.74, 6) is -4.19. The van der Waals surface area contributed by atoms with Crippen LogP contribution in [0.2, 0.25) is 0 Å². The zero-order chi connectivity index (χ0) is 24.2. The van der Waals surface area contributed by atoms with Crippen molar-refractivity contribution in [3.05, 3.63) is 130 Å². The molecule has 0 radical (unpaired) electrons. The Morgan fingerprint density at radius 1 is 0.514 bits per heavy atom. The van der Waals surface area contributed by atoms with Crippen molar-refractivity contribution in [1.82, 2.24) is 0 Å². The molecule has 0 fully saturated rings. The van der Waals surface area contributed by atoms with Gasteiger partial charge in [-0.15, -0.1) is 12.1 Å². The van der Waals surface area contributed by atoms with Crippen LogP contribution in [0.1, 0.15) is 23.2 Å². The third-order valence-corrected chi connectivity index (χ3v) is 5.85. The Bertz CT molecular complexity index is 1220. The minimum atomic E-state index is -1.07. The van der Waals surface area contributed by atoms with Crippen molar-refractivity contribution in [3.63, 3.8) is 0 Å². The minimum absolute atomic E-state index is 0. The second-order valence-corrected chi connectivity index (χ2v) is 8.31. The van der Waals surface area contributed by atoms with Crippen LogP contribution in [0, 0.1) is 23.3 Å². The van der Waals surface area contributed by atoms with Crippen molar-refractivity contribution < 1.29 is 34.1 Å². The second kappa shape index (κ2) is 11.7. The van der Waals surface area contributed by atoms with Crippen LogP contribution in [0.25, 0.3) is 10.6 Å². The number of nitrogens with zero attached hydrogens (tertiary/aromatic N) is 2.